The Morgan fingerprint density at radius 1 is 1.00 bits per heavy atom. The van der Waals surface area contributed by atoms with Crippen molar-refractivity contribution in [3.63, 3.8) is 0 Å². The molecule has 1 aliphatic heterocycles. The van der Waals surface area contributed by atoms with E-state index < -0.39 is 23.1 Å². The third-order valence-electron chi connectivity index (χ3n) is 4.87. The summed E-state index contributed by atoms with van der Waals surface area (Å²) in [6, 6.07) is 5.54. The number of amides is 1. The molecule has 0 radical (unpaired) electrons. The zero-order chi connectivity index (χ0) is 17.4. The maximum Gasteiger partial charge on any atom is 0.259 e. The van der Waals surface area contributed by atoms with Gasteiger partial charge in [-0.1, -0.05) is 6.07 Å². The van der Waals surface area contributed by atoms with Crippen molar-refractivity contribution in [1.82, 2.24) is 15.1 Å². The molecule has 1 aromatic heterocycles. The van der Waals surface area contributed by atoms with Gasteiger partial charge in [-0.05, 0) is 43.0 Å². The second kappa shape index (κ2) is 6.38. The van der Waals surface area contributed by atoms with Crippen LogP contribution in [0.2, 0.25) is 0 Å². The van der Waals surface area contributed by atoms with Crippen molar-refractivity contribution in [2.24, 2.45) is 0 Å². The van der Waals surface area contributed by atoms with Gasteiger partial charge in [-0.15, -0.1) is 5.10 Å². The van der Waals surface area contributed by atoms with Crippen molar-refractivity contribution in [2.75, 3.05) is 31.1 Å². The van der Waals surface area contributed by atoms with Crippen molar-refractivity contribution in [3.8, 4) is 0 Å². The van der Waals surface area contributed by atoms with Crippen LogP contribution in [0, 0.1) is 11.6 Å². The van der Waals surface area contributed by atoms with Gasteiger partial charge < -0.3 is 9.80 Å². The van der Waals surface area contributed by atoms with Crippen LogP contribution in [0.4, 0.5) is 14.6 Å². The number of anilines is 1. The van der Waals surface area contributed by atoms with Gasteiger partial charge in [0.25, 0.3) is 5.91 Å². The molecule has 130 valence electrons. The number of halogens is 2. The van der Waals surface area contributed by atoms with Gasteiger partial charge in [0.15, 0.2) is 5.82 Å². The van der Waals surface area contributed by atoms with Gasteiger partial charge in [0.2, 0.25) is 0 Å². The summed E-state index contributed by atoms with van der Waals surface area (Å²) < 4.78 is 27.6. The molecule has 0 N–H and O–H groups in total. The number of fused-ring (bicyclic) bond motifs is 1. The fraction of sp³-hybridized carbons (Fsp3) is 0.389. The summed E-state index contributed by atoms with van der Waals surface area (Å²) in [5.74, 6) is -1.44. The summed E-state index contributed by atoms with van der Waals surface area (Å²) in [5.41, 5.74) is 1.85. The van der Waals surface area contributed by atoms with E-state index in [4.69, 9.17) is 0 Å². The highest BCUT2D eigenvalue weighted by atomic mass is 19.1. The van der Waals surface area contributed by atoms with E-state index >= 15 is 0 Å². The Bertz CT molecular complexity index is 798. The van der Waals surface area contributed by atoms with Crippen molar-refractivity contribution in [2.45, 2.75) is 19.3 Å². The zero-order valence-electron chi connectivity index (χ0n) is 13.7. The molecule has 4 rings (SSSR count). The Morgan fingerprint density at radius 3 is 2.44 bits per heavy atom. The fourth-order valence-corrected chi connectivity index (χ4v) is 3.47. The smallest absolute Gasteiger partial charge is 0.259 e. The average molecular weight is 344 g/mol. The number of aryl methyl sites for hydroxylation is 2. The molecule has 0 spiro atoms. The van der Waals surface area contributed by atoms with Crippen LogP contribution in [-0.2, 0) is 12.8 Å². The first kappa shape index (κ1) is 15.9. The molecule has 2 aromatic rings. The van der Waals surface area contributed by atoms with Crippen molar-refractivity contribution >= 4 is 11.7 Å². The third kappa shape index (κ3) is 2.94. The standard InChI is InChI=1S/C18H18F2N4O/c19-13-4-2-5-14(20)17(13)18(25)24-9-7-23(8-10-24)16-11-12-3-1-6-15(12)21-22-16/h2,4-5,11H,1,3,6-10H2. The van der Waals surface area contributed by atoms with Crippen LogP contribution in [0.25, 0.3) is 0 Å². The number of hydrogen-bond acceptors (Lipinski definition) is 4. The third-order valence-corrected chi connectivity index (χ3v) is 4.87. The van der Waals surface area contributed by atoms with Gasteiger partial charge in [-0.2, -0.15) is 5.10 Å². The molecule has 0 unspecified atom stereocenters. The highest BCUT2D eigenvalue weighted by molar-refractivity contribution is 5.95. The second-order valence-corrected chi connectivity index (χ2v) is 6.40. The summed E-state index contributed by atoms with van der Waals surface area (Å²) in [4.78, 5) is 16.0. The zero-order valence-corrected chi connectivity index (χ0v) is 13.7. The monoisotopic (exact) mass is 344 g/mol. The van der Waals surface area contributed by atoms with E-state index in [0.717, 1.165) is 42.9 Å². The number of benzene rings is 1. The SMILES string of the molecule is O=C(c1c(F)cccc1F)N1CCN(c2cc3c(nn2)CCC3)CC1. The first-order valence-electron chi connectivity index (χ1n) is 8.47. The summed E-state index contributed by atoms with van der Waals surface area (Å²) in [6.45, 7) is 1.92. The lowest BCUT2D eigenvalue weighted by atomic mass is 10.1. The number of carbonyl (C=O) groups excluding carboxylic acids is 1. The lowest BCUT2D eigenvalue weighted by molar-refractivity contribution is 0.0736. The van der Waals surface area contributed by atoms with Crippen LogP contribution in [0.5, 0.6) is 0 Å². The van der Waals surface area contributed by atoms with Crippen LogP contribution in [0.1, 0.15) is 28.0 Å². The largest absolute Gasteiger partial charge is 0.352 e. The Hall–Kier alpha value is -2.57. The molecule has 0 atom stereocenters. The van der Waals surface area contributed by atoms with Crippen LogP contribution in [0.3, 0.4) is 0 Å². The Morgan fingerprint density at radius 2 is 1.72 bits per heavy atom. The maximum atomic E-state index is 13.8. The molecule has 0 bridgehead atoms. The van der Waals surface area contributed by atoms with Crippen molar-refractivity contribution in [3.05, 3.63) is 52.7 Å². The van der Waals surface area contributed by atoms with E-state index in [9.17, 15) is 13.6 Å². The first-order chi connectivity index (χ1) is 12.1. The first-order valence-corrected chi connectivity index (χ1v) is 8.47. The Kier molecular flexibility index (Phi) is 4.07. The topological polar surface area (TPSA) is 49.3 Å². The number of rotatable bonds is 2. The molecular weight excluding hydrogens is 326 g/mol. The molecule has 1 aromatic carbocycles. The number of nitrogens with zero attached hydrogens (tertiary/aromatic N) is 4. The average Bonchev–Trinajstić information content (AvgIpc) is 3.09. The van der Waals surface area contributed by atoms with Gasteiger partial charge in [-0.3, -0.25) is 4.79 Å². The van der Waals surface area contributed by atoms with Gasteiger partial charge >= 0.3 is 0 Å². The number of piperazine rings is 1. The summed E-state index contributed by atoms with van der Waals surface area (Å²) >= 11 is 0. The van der Waals surface area contributed by atoms with Crippen LogP contribution in [0.15, 0.2) is 24.3 Å². The molecule has 1 aliphatic carbocycles. The van der Waals surface area contributed by atoms with Gasteiger partial charge in [0.05, 0.1) is 5.69 Å². The van der Waals surface area contributed by atoms with E-state index in [1.54, 1.807) is 0 Å². The maximum absolute atomic E-state index is 13.8. The molecule has 1 fully saturated rings. The lowest BCUT2D eigenvalue weighted by Gasteiger charge is -2.35. The van der Waals surface area contributed by atoms with Crippen LogP contribution < -0.4 is 4.90 Å². The highest BCUT2D eigenvalue weighted by Gasteiger charge is 2.27. The van der Waals surface area contributed by atoms with Crippen LogP contribution in [-0.4, -0.2) is 47.2 Å². The van der Waals surface area contributed by atoms with E-state index in [2.05, 4.69) is 21.2 Å². The van der Waals surface area contributed by atoms with E-state index in [-0.39, 0.29) is 0 Å². The van der Waals surface area contributed by atoms with E-state index in [1.165, 1.54) is 16.5 Å². The van der Waals surface area contributed by atoms with Gasteiger partial charge in [0, 0.05) is 26.2 Å². The van der Waals surface area contributed by atoms with Gasteiger partial charge in [-0.25, -0.2) is 8.78 Å². The molecule has 2 heterocycles. The Labute approximate surface area is 144 Å². The number of carbonyl (C=O) groups is 1. The van der Waals surface area contributed by atoms with Gasteiger partial charge in [0.1, 0.15) is 17.2 Å². The molecule has 1 amide bonds. The van der Waals surface area contributed by atoms with E-state index in [0.29, 0.717) is 26.2 Å². The summed E-state index contributed by atoms with van der Waals surface area (Å²) in [5, 5.41) is 8.57. The molecule has 0 saturated carbocycles. The molecule has 25 heavy (non-hydrogen) atoms. The van der Waals surface area contributed by atoms with Crippen molar-refractivity contribution in [1.29, 1.82) is 0 Å². The predicted octanol–water partition coefficient (Wildman–Crippen LogP) is 2.21. The normalized spacial score (nSPS) is 16.9. The van der Waals surface area contributed by atoms with Crippen molar-refractivity contribution < 1.29 is 13.6 Å². The fourth-order valence-electron chi connectivity index (χ4n) is 3.47. The number of aromatic nitrogens is 2. The second-order valence-electron chi connectivity index (χ2n) is 6.40. The van der Waals surface area contributed by atoms with E-state index in [1.807, 2.05) is 0 Å². The summed E-state index contributed by atoms with van der Waals surface area (Å²) in [7, 11) is 0. The van der Waals surface area contributed by atoms with Crippen LogP contribution >= 0.6 is 0 Å². The highest BCUT2D eigenvalue weighted by Crippen LogP contribution is 2.24. The molecular formula is C18H18F2N4O. The summed E-state index contributed by atoms with van der Waals surface area (Å²) in [6.07, 6.45) is 3.13. The Balaban J connectivity index is 1.45. The lowest BCUT2D eigenvalue weighted by Crippen LogP contribution is -2.49. The molecule has 7 heteroatoms. The minimum atomic E-state index is -0.822. The quantitative estimate of drug-likeness (QED) is 0.838. The molecule has 1 saturated heterocycles. The minimum absolute atomic E-state index is 0.394. The molecule has 5 nitrogen and oxygen atoms in total. The minimum Gasteiger partial charge on any atom is -0.352 e. The predicted molar refractivity (Wildman–Crippen MR) is 88.5 cm³/mol. The number of hydrogen-bond donors (Lipinski definition) is 0. The molecule has 2 aliphatic rings.